The van der Waals surface area contributed by atoms with Gasteiger partial charge in [-0.2, -0.15) is 0 Å². The lowest BCUT2D eigenvalue weighted by molar-refractivity contribution is 0.460. The number of nitrogens with zero attached hydrogens (tertiary/aromatic N) is 1. The second-order valence-electron chi connectivity index (χ2n) is 4.85. The molecule has 1 aliphatic rings. The fourth-order valence-corrected chi connectivity index (χ4v) is 3.58. The number of hydrogen-bond acceptors (Lipinski definition) is 3. The molecule has 1 aromatic carbocycles. The number of aryl methyl sites for hydroxylation is 1. The molecule has 3 heteroatoms. The molecule has 1 aromatic heterocycles. The molecule has 0 unspecified atom stereocenters. The Balaban J connectivity index is 2.11. The van der Waals surface area contributed by atoms with Gasteiger partial charge >= 0.3 is 0 Å². The molecule has 84 valence electrons. The van der Waals surface area contributed by atoms with E-state index in [2.05, 4.69) is 25.1 Å². The van der Waals surface area contributed by atoms with Crippen molar-refractivity contribution >= 4 is 21.6 Å². The van der Waals surface area contributed by atoms with Crippen LogP contribution in [0.5, 0.6) is 0 Å². The van der Waals surface area contributed by atoms with E-state index in [9.17, 15) is 0 Å². The Labute approximate surface area is 99.5 Å². The molecule has 0 bridgehead atoms. The molecule has 0 spiro atoms. The minimum Gasteiger partial charge on any atom is -0.319 e. The first kappa shape index (κ1) is 10.2. The van der Waals surface area contributed by atoms with Crippen LogP contribution in [0.4, 0.5) is 0 Å². The van der Waals surface area contributed by atoms with Gasteiger partial charge in [0.25, 0.3) is 0 Å². The average Bonchev–Trinajstić information content (AvgIpc) is 2.84. The van der Waals surface area contributed by atoms with Gasteiger partial charge in [-0.25, -0.2) is 4.98 Å². The molecule has 0 aliphatic heterocycles. The third-order valence-electron chi connectivity index (χ3n) is 3.46. The number of thiazole rings is 1. The monoisotopic (exact) mass is 232 g/mol. The average molecular weight is 232 g/mol. The van der Waals surface area contributed by atoms with E-state index in [1.165, 1.54) is 23.1 Å². The van der Waals surface area contributed by atoms with E-state index in [1.54, 1.807) is 11.3 Å². The maximum absolute atomic E-state index is 6.43. The fraction of sp³-hybridized carbons (Fsp3) is 0.462. The van der Waals surface area contributed by atoms with Crippen molar-refractivity contribution < 1.29 is 0 Å². The second kappa shape index (κ2) is 3.54. The first-order valence-electron chi connectivity index (χ1n) is 5.84. The Morgan fingerprint density at radius 3 is 2.81 bits per heavy atom. The first-order valence-corrected chi connectivity index (χ1v) is 6.66. The topological polar surface area (TPSA) is 38.9 Å². The van der Waals surface area contributed by atoms with E-state index in [4.69, 9.17) is 10.7 Å². The van der Waals surface area contributed by atoms with Crippen LogP contribution >= 0.6 is 11.3 Å². The normalized spacial score (nSPS) is 19.4. The Morgan fingerprint density at radius 1 is 1.31 bits per heavy atom. The summed E-state index contributed by atoms with van der Waals surface area (Å²) in [6.45, 7) is 2.10. The molecule has 0 atom stereocenters. The van der Waals surface area contributed by atoms with Crippen molar-refractivity contribution in [1.82, 2.24) is 4.98 Å². The summed E-state index contributed by atoms with van der Waals surface area (Å²) in [5.74, 6) is 0. The van der Waals surface area contributed by atoms with E-state index in [1.807, 2.05) is 0 Å². The first-order chi connectivity index (χ1) is 7.67. The maximum atomic E-state index is 6.43. The van der Waals surface area contributed by atoms with Gasteiger partial charge in [0.15, 0.2) is 0 Å². The molecular weight excluding hydrogens is 216 g/mol. The third kappa shape index (κ3) is 1.55. The number of rotatable bonds is 1. The van der Waals surface area contributed by atoms with Gasteiger partial charge in [0.2, 0.25) is 0 Å². The highest BCUT2D eigenvalue weighted by Gasteiger charge is 2.34. The van der Waals surface area contributed by atoms with Gasteiger partial charge in [-0.15, -0.1) is 11.3 Å². The van der Waals surface area contributed by atoms with Gasteiger partial charge in [0, 0.05) is 0 Å². The molecule has 1 heterocycles. The standard InChI is InChI=1S/C13H16N2S/c1-9-4-5-11-10(8-9)15-12(16-11)13(14)6-2-3-7-13/h4-5,8H,2-3,6-7,14H2,1H3. The zero-order chi connectivity index (χ0) is 11.2. The molecule has 0 amide bonds. The minimum absolute atomic E-state index is 0.141. The Bertz CT molecular complexity index is 524. The van der Waals surface area contributed by atoms with Crippen LogP contribution in [0.1, 0.15) is 36.3 Å². The van der Waals surface area contributed by atoms with E-state index in [0.717, 1.165) is 23.4 Å². The van der Waals surface area contributed by atoms with Crippen molar-refractivity contribution in [2.45, 2.75) is 38.1 Å². The molecule has 1 saturated carbocycles. The fourth-order valence-electron chi connectivity index (χ4n) is 2.47. The lowest BCUT2D eigenvalue weighted by atomic mass is 10.0. The Morgan fingerprint density at radius 2 is 2.06 bits per heavy atom. The van der Waals surface area contributed by atoms with E-state index < -0.39 is 0 Å². The zero-order valence-electron chi connectivity index (χ0n) is 9.49. The third-order valence-corrected chi connectivity index (χ3v) is 4.72. The SMILES string of the molecule is Cc1ccc2sc(C3(N)CCCC3)nc2c1. The lowest BCUT2D eigenvalue weighted by Gasteiger charge is -2.19. The summed E-state index contributed by atoms with van der Waals surface area (Å²) in [6.07, 6.45) is 4.66. The second-order valence-corrected chi connectivity index (χ2v) is 5.88. The van der Waals surface area contributed by atoms with Crippen LogP contribution < -0.4 is 5.73 Å². The number of nitrogens with two attached hydrogens (primary N) is 1. The molecule has 2 aromatic rings. The van der Waals surface area contributed by atoms with Crippen molar-refractivity contribution in [2.75, 3.05) is 0 Å². The largest absolute Gasteiger partial charge is 0.319 e. The summed E-state index contributed by atoms with van der Waals surface area (Å²) in [6, 6.07) is 6.44. The summed E-state index contributed by atoms with van der Waals surface area (Å²) < 4.78 is 1.26. The molecule has 0 saturated heterocycles. The van der Waals surface area contributed by atoms with Crippen LogP contribution in [0.25, 0.3) is 10.2 Å². The smallest absolute Gasteiger partial charge is 0.114 e. The van der Waals surface area contributed by atoms with Crippen LogP contribution in [0.2, 0.25) is 0 Å². The van der Waals surface area contributed by atoms with Gasteiger partial charge < -0.3 is 5.73 Å². The molecular formula is C13H16N2S. The predicted octanol–water partition coefficient (Wildman–Crippen LogP) is 3.33. The van der Waals surface area contributed by atoms with E-state index in [0.29, 0.717) is 0 Å². The number of benzene rings is 1. The number of fused-ring (bicyclic) bond motifs is 1. The molecule has 16 heavy (non-hydrogen) atoms. The summed E-state index contributed by atoms with van der Waals surface area (Å²) in [5.41, 5.74) is 8.66. The molecule has 2 nitrogen and oxygen atoms in total. The molecule has 3 rings (SSSR count). The number of aromatic nitrogens is 1. The molecule has 1 aliphatic carbocycles. The minimum atomic E-state index is -0.141. The lowest BCUT2D eigenvalue weighted by Crippen LogP contribution is -2.32. The van der Waals surface area contributed by atoms with E-state index >= 15 is 0 Å². The van der Waals surface area contributed by atoms with Gasteiger partial charge in [-0.3, -0.25) is 0 Å². The van der Waals surface area contributed by atoms with Crippen molar-refractivity contribution in [3.05, 3.63) is 28.8 Å². The summed E-state index contributed by atoms with van der Waals surface area (Å²) in [5, 5.41) is 1.13. The van der Waals surface area contributed by atoms with Crippen LogP contribution in [0.15, 0.2) is 18.2 Å². The summed E-state index contributed by atoms with van der Waals surface area (Å²) >= 11 is 1.77. The summed E-state index contributed by atoms with van der Waals surface area (Å²) in [4.78, 5) is 4.72. The predicted molar refractivity (Wildman–Crippen MR) is 68.7 cm³/mol. The van der Waals surface area contributed by atoms with Gasteiger partial charge in [0.05, 0.1) is 15.8 Å². The van der Waals surface area contributed by atoms with Gasteiger partial charge in [0.1, 0.15) is 5.01 Å². The van der Waals surface area contributed by atoms with Crippen molar-refractivity contribution in [2.24, 2.45) is 5.73 Å². The quantitative estimate of drug-likeness (QED) is 0.819. The highest BCUT2D eigenvalue weighted by molar-refractivity contribution is 7.18. The molecule has 1 fully saturated rings. The highest BCUT2D eigenvalue weighted by Crippen LogP contribution is 2.39. The van der Waals surface area contributed by atoms with Crippen molar-refractivity contribution in [3.63, 3.8) is 0 Å². The van der Waals surface area contributed by atoms with Gasteiger partial charge in [-0.1, -0.05) is 18.9 Å². The Hall–Kier alpha value is -0.930. The zero-order valence-corrected chi connectivity index (χ0v) is 10.3. The van der Waals surface area contributed by atoms with Crippen molar-refractivity contribution in [1.29, 1.82) is 0 Å². The van der Waals surface area contributed by atoms with Crippen LogP contribution in [0, 0.1) is 6.92 Å². The summed E-state index contributed by atoms with van der Waals surface area (Å²) in [7, 11) is 0. The van der Waals surface area contributed by atoms with Crippen molar-refractivity contribution in [3.8, 4) is 0 Å². The Kier molecular flexibility index (Phi) is 2.26. The van der Waals surface area contributed by atoms with E-state index in [-0.39, 0.29) is 5.54 Å². The maximum Gasteiger partial charge on any atom is 0.114 e. The molecule has 0 radical (unpaired) electrons. The molecule has 2 N–H and O–H groups in total. The van der Waals surface area contributed by atoms with Crippen LogP contribution in [-0.2, 0) is 5.54 Å². The highest BCUT2D eigenvalue weighted by atomic mass is 32.1. The van der Waals surface area contributed by atoms with Gasteiger partial charge in [-0.05, 0) is 37.5 Å². The van der Waals surface area contributed by atoms with Crippen LogP contribution in [0.3, 0.4) is 0 Å². The van der Waals surface area contributed by atoms with Crippen LogP contribution in [-0.4, -0.2) is 4.98 Å². The number of hydrogen-bond donors (Lipinski definition) is 1.